The predicted molar refractivity (Wildman–Crippen MR) is 116 cm³/mol. The van der Waals surface area contributed by atoms with Gasteiger partial charge < -0.3 is 10.2 Å². The molecule has 0 spiro atoms. The summed E-state index contributed by atoms with van der Waals surface area (Å²) in [5.74, 6) is 0.473. The van der Waals surface area contributed by atoms with Crippen molar-refractivity contribution >= 4 is 39.1 Å². The van der Waals surface area contributed by atoms with E-state index in [-0.39, 0.29) is 11.9 Å². The number of nitrogens with one attached hydrogen (secondary N) is 1. The maximum absolute atomic E-state index is 12.8. The highest BCUT2D eigenvalue weighted by atomic mass is 35.5. The zero-order valence-corrected chi connectivity index (χ0v) is 17.5. The Morgan fingerprint density at radius 1 is 1.29 bits per heavy atom. The fourth-order valence-electron chi connectivity index (χ4n) is 3.76. The van der Waals surface area contributed by atoms with Crippen molar-refractivity contribution in [1.29, 1.82) is 0 Å². The summed E-state index contributed by atoms with van der Waals surface area (Å²) in [4.78, 5) is 19.6. The molecule has 1 saturated heterocycles. The van der Waals surface area contributed by atoms with Crippen LogP contribution in [0.3, 0.4) is 0 Å². The van der Waals surface area contributed by atoms with Crippen LogP contribution in [0, 0.1) is 0 Å². The van der Waals surface area contributed by atoms with E-state index >= 15 is 0 Å². The molecule has 3 aromatic rings. The number of carbonyl (C=O) groups excluding carboxylic acids is 1. The summed E-state index contributed by atoms with van der Waals surface area (Å²) in [5.41, 5.74) is 2.07. The Hall–Kier alpha value is -1.95. The second kappa shape index (κ2) is 8.60. The molecule has 1 aromatic heterocycles. The van der Waals surface area contributed by atoms with E-state index in [0.29, 0.717) is 12.5 Å². The Morgan fingerprint density at radius 3 is 2.89 bits per heavy atom. The number of para-hydroxylation sites is 1. The van der Waals surface area contributed by atoms with E-state index < -0.39 is 0 Å². The van der Waals surface area contributed by atoms with Crippen molar-refractivity contribution in [2.75, 3.05) is 19.6 Å². The zero-order chi connectivity index (χ0) is 19.5. The molecule has 2 aromatic carbocycles. The van der Waals surface area contributed by atoms with E-state index in [1.807, 2.05) is 48.2 Å². The number of hydrogen-bond donors (Lipinski definition) is 1. The number of thiazole rings is 1. The number of piperidine rings is 1. The molecule has 1 aliphatic heterocycles. The molecule has 0 saturated carbocycles. The van der Waals surface area contributed by atoms with E-state index in [0.717, 1.165) is 47.0 Å². The van der Waals surface area contributed by atoms with Crippen molar-refractivity contribution in [3.63, 3.8) is 0 Å². The standard InChI is InChI=1S/C22H24ClN3OS/c1-15(17-8-2-3-9-18(17)23)24-13-21(27)26-12-6-7-16(14-26)22-25-19-10-4-5-11-20(19)28-22/h2-5,8-11,15-16,24H,6-7,12-14H2,1H3/t15-,16-/m1/s1. The molecular weight excluding hydrogens is 390 g/mol. The molecule has 146 valence electrons. The molecule has 0 radical (unpaired) electrons. The monoisotopic (exact) mass is 413 g/mol. The first-order valence-corrected chi connectivity index (χ1v) is 10.9. The summed E-state index contributed by atoms with van der Waals surface area (Å²) in [7, 11) is 0. The van der Waals surface area contributed by atoms with Gasteiger partial charge in [-0.1, -0.05) is 41.9 Å². The van der Waals surface area contributed by atoms with Crippen LogP contribution in [0.5, 0.6) is 0 Å². The lowest BCUT2D eigenvalue weighted by molar-refractivity contribution is -0.131. The minimum absolute atomic E-state index is 0.0301. The van der Waals surface area contributed by atoms with Gasteiger partial charge in [0.15, 0.2) is 0 Å². The van der Waals surface area contributed by atoms with Crippen LogP contribution in [-0.2, 0) is 4.79 Å². The smallest absolute Gasteiger partial charge is 0.236 e. The lowest BCUT2D eigenvalue weighted by atomic mass is 9.98. The summed E-state index contributed by atoms with van der Waals surface area (Å²) in [5, 5.41) is 5.20. The zero-order valence-electron chi connectivity index (χ0n) is 15.9. The van der Waals surface area contributed by atoms with Crippen LogP contribution in [0.4, 0.5) is 0 Å². The average Bonchev–Trinajstić information content (AvgIpc) is 3.16. The number of fused-ring (bicyclic) bond motifs is 1. The molecule has 1 fully saturated rings. The largest absolute Gasteiger partial charge is 0.341 e. The fraction of sp³-hybridized carbons (Fsp3) is 0.364. The number of aromatic nitrogens is 1. The number of carbonyl (C=O) groups is 1. The maximum Gasteiger partial charge on any atom is 0.236 e. The summed E-state index contributed by atoms with van der Waals surface area (Å²) < 4.78 is 1.22. The number of halogens is 1. The molecule has 0 unspecified atom stereocenters. The maximum atomic E-state index is 12.8. The highest BCUT2D eigenvalue weighted by Gasteiger charge is 2.27. The third-order valence-corrected chi connectivity index (χ3v) is 6.91. The van der Waals surface area contributed by atoms with Crippen LogP contribution in [0.15, 0.2) is 48.5 Å². The van der Waals surface area contributed by atoms with Crippen molar-refractivity contribution in [2.24, 2.45) is 0 Å². The third kappa shape index (κ3) is 4.22. The van der Waals surface area contributed by atoms with Gasteiger partial charge in [0, 0.05) is 30.1 Å². The first kappa shape index (κ1) is 19.4. The molecule has 0 aliphatic carbocycles. The fourth-order valence-corrected chi connectivity index (χ4v) is 5.15. The number of amides is 1. The Balaban J connectivity index is 1.37. The van der Waals surface area contributed by atoms with Crippen LogP contribution >= 0.6 is 22.9 Å². The van der Waals surface area contributed by atoms with Gasteiger partial charge in [0.2, 0.25) is 5.91 Å². The molecule has 4 rings (SSSR count). The second-order valence-corrected chi connectivity index (χ2v) is 8.79. The van der Waals surface area contributed by atoms with Crippen molar-refractivity contribution in [2.45, 2.75) is 31.7 Å². The molecule has 1 N–H and O–H groups in total. The van der Waals surface area contributed by atoms with Crippen molar-refractivity contribution in [1.82, 2.24) is 15.2 Å². The predicted octanol–water partition coefficient (Wildman–Crippen LogP) is 5.01. The number of benzene rings is 2. The molecule has 2 heterocycles. The normalized spacial score (nSPS) is 18.4. The molecule has 1 aliphatic rings. The molecule has 28 heavy (non-hydrogen) atoms. The quantitative estimate of drug-likeness (QED) is 0.639. The number of rotatable bonds is 5. The highest BCUT2D eigenvalue weighted by molar-refractivity contribution is 7.18. The van der Waals surface area contributed by atoms with E-state index in [1.54, 1.807) is 11.3 Å². The topological polar surface area (TPSA) is 45.2 Å². The van der Waals surface area contributed by atoms with Gasteiger partial charge in [-0.25, -0.2) is 4.98 Å². The van der Waals surface area contributed by atoms with Gasteiger partial charge in [0.25, 0.3) is 0 Å². The van der Waals surface area contributed by atoms with E-state index in [9.17, 15) is 4.79 Å². The van der Waals surface area contributed by atoms with Gasteiger partial charge in [-0.05, 0) is 43.5 Å². The van der Waals surface area contributed by atoms with Gasteiger partial charge in [-0.15, -0.1) is 11.3 Å². The molecule has 6 heteroatoms. The van der Waals surface area contributed by atoms with Crippen molar-refractivity contribution < 1.29 is 4.79 Å². The highest BCUT2D eigenvalue weighted by Crippen LogP contribution is 2.33. The Bertz CT molecular complexity index is 940. The average molecular weight is 414 g/mol. The minimum atomic E-state index is 0.0301. The van der Waals surface area contributed by atoms with Gasteiger partial charge >= 0.3 is 0 Å². The van der Waals surface area contributed by atoms with Crippen molar-refractivity contribution in [3.05, 3.63) is 64.1 Å². The Kier molecular flexibility index (Phi) is 5.95. The van der Waals surface area contributed by atoms with E-state index in [4.69, 9.17) is 16.6 Å². The second-order valence-electron chi connectivity index (χ2n) is 7.32. The number of likely N-dealkylation sites (tertiary alicyclic amines) is 1. The molecular formula is C22H24ClN3OS. The molecule has 2 atom stereocenters. The Labute approximate surface area is 174 Å². The summed E-state index contributed by atoms with van der Waals surface area (Å²) in [6.45, 7) is 3.93. The lowest BCUT2D eigenvalue weighted by Gasteiger charge is -2.32. The third-order valence-electron chi connectivity index (χ3n) is 5.36. The van der Waals surface area contributed by atoms with Crippen LogP contribution in [0.1, 0.15) is 42.3 Å². The van der Waals surface area contributed by atoms with Crippen LogP contribution in [-0.4, -0.2) is 35.4 Å². The number of nitrogens with zero attached hydrogens (tertiary/aromatic N) is 2. The van der Waals surface area contributed by atoms with E-state index in [2.05, 4.69) is 17.4 Å². The van der Waals surface area contributed by atoms with Gasteiger partial charge in [-0.2, -0.15) is 0 Å². The van der Waals surface area contributed by atoms with Crippen LogP contribution < -0.4 is 5.32 Å². The van der Waals surface area contributed by atoms with Crippen LogP contribution in [0.25, 0.3) is 10.2 Å². The summed E-state index contributed by atoms with van der Waals surface area (Å²) in [6, 6.07) is 16.0. The van der Waals surface area contributed by atoms with E-state index in [1.165, 1.54) is 4.70 Å². The SMILES string of the molecule is C[C@@H](NCC(=O)N1CCC[C@@H](c2nc3ccccc3s2)C1)c1ccccc1Cl. The van der Waals surface area contributed by atoms with Crippen molar-refractivity contribution in [3.8, 4) is 0 Å². The molecule has 4 nitrogen and oxygen atoms in total. The van der Waals surface area contributed by atoms with Gasteiger partial charge in [0.05, 0.1) is 21.8 Å². The first-order chi connectivity index (χ1) is 13.6. The minimum Gasteiger partial charge on any atom is -0.341 e. The molecule has 1 amide bonds. The summed E-state index contributed by atoms with van der Waals surface area (Å²) in [6.07, 6.45) is 2.11. The van der Waals surface area contributed by atoms with Gasteiger partial charge in [0.1, 0.15) is 0 Å². The first-order valence-electron chi connectivity index (χ1n) is 9.73. The molecule has 0 bridgehead atoms. The summed E-state index contributed by atoms with van der Waals surface area (Å²) >= 11 is 8.02. The van der Waals surface area contributed by atoms with Gasteiger partial charge in [-0.3, -0.25) is 4.79 Å². The number of hydrogen-bond acceptors (Lipinski definition) is 4. The lowest BCUT2D eigenvalue weighted by Crippen LogP contribution is -2.43. The Morgan fingerprint density at radius 2 is 2.07 bits per heavy atom. The van der Waals surface area contributed by atoms with Crippen LogP contribution in [0.2, 0.25) is 5.02 Å².